The molecule has 0 radical (unpaired) electrons. The zero-order chi connectivity index (χ0) is 11.5. The SMILES string of the molecule is CCOCCCCC(=O)NCCC(C)C. The third-order valence-corrected chi connectivity index (χ3v) is 2.19. The highest BCUT2D eigenvalue weighted by Crippen LogP contribution is 1.98. The van der Waals surface area contributed by atoms with Gasteiger partial charge >= 0.3 is 0 Å². The van der Waals surface area contributed by atoms with E-state index in [2.05, 4.69) is 19.2 Å². The molecule has 0 bridgehead atoms. The van der Waals surface area contributed by atoms with Gasteiger partial charge in [0.25, 0.3) is 0 Å². The molecule has 0 saturated heterocycles. The van der Waals surface area contributed by atoms with Gasteiger partial charge in [-0.1, -0.05) is 13.8 Å². The van der Waals surface area contributed by atoms with Crippen LogP contribution in [0.1, 0.15) is 46.5 Å². The molecule has 0 heterocycles. The average Bonchev–Trinajstić information content (AvgIpc) is 2.17. The summed E-state index contributed by atoms with van der Waals surface area (Å²) in [6.07, 6.45) is 3.59. The number of hydrogen-bond acceptors (Lipinski definition) is 2. The normalized spacial score (nSPS) is 10.7. The van der Waals surface area contributed by atoms with E-state index in [-0.39, 0.29) is 5.91 Å². The third kappa shape index (κ3) is 11.4. The van der Waals surface area contributed by atoms with Crippen LogP contribution in [0.5, 0.6) is 0 Å². The van der Waals surface area contributed by atoms with Crippen molar-refractivity contribution in [2.24, 2.45) is 5.92 Å². The molecule has 15 heavy (non-hydrogen) atoms. The predicted octanol–water partition coefficient (Wildman–Crippen LogP) is 2.36. The number of amides is 1. The van der Waals surface area contributed by atoms with E-state index in [9.17, 15) is 4.79 Å². The Morgan fingerprint density at radius 2 is 2.07 bits per heavy atom. The van der Waals surface area contributed by atoms with Crippen molar-refractivity contribution >= 4 is 5.91 Å². The number of carbonyl (C=O) groups excluding carboxylic acids is 1. The van der Waals surface area contributed by atoms with Gasteiger partial charge in [-0.2, -0.15) is 0 Å². The Labute approximate surface area is 93.6 Å². The summed E-state index contributed by atoms with van der Waals surface area (Å²) in [5.41, 5.74) is 0. The first-order valence-electron chi connectivity index (χ1n) is 6.01. The zero-order valence-electron chi connectivity index (χ0n) is 10.3. The monoisotopic (exact) mass is 215 g/mol. The largest absolute Gasteiger partial charge is 0.382 e. The lowest BCUT2D eigenvalue weighted by Gasteiger charge is -2.07. The maximum Gasteiger partial charge on any atom is 0.219 e. The van der Waals surface area contributed by atoms with Crippen LogP contribution in [0.25, 0.3) is 0 Å². The molecule has 0 fully saturated rings. The predicted molar refractivity (Wildman–Crippen MR) is 62.8 cm³/mol. The fourth-order valence-electron chi connectivity index (χ4n) is 1.22. The molecule has 90 valence electrons. The summed E-state index contributed by atoms with van der Waals surface area (Å²) in [5.74, 6) is 0.829. The standard InChI is InChI=1S/C12H25NO2/c1-4-15-10-6-5-7-12(14)13-9-8-11(2)3/h11H,4-10H2,1-3H3,(H,13,14). The molecule has 0 unspecified atom stereocenters. The maximum atomic E-state index is 11.3. The van der Waals surface area contributed by atoms with E-state index in [1.54, 1.807) is 0 Å². The summed E-state index contributed by atoms with van der Waals surface area (Å²) in [5, 5.41) is 2.93. The topological polar surface area (TPSA) is 38.3 Å². The van der Waals surface area contributed by atoms with Crippen molar-refractivity contribution in [2.45, 2.75) is 46.5 Å². The highest BCUT2D eigenvalue weighted by molar-refractivity contribution is 5.75. The smallest absolute Gasteiger partial charge is 0.219 e. The van der Waals surface area contributed by atoms with Crippen LogP contribution in [0, 0.1) is 5.92 Å². The van der Waals surface area contributed by atoms with Crippen molar-refractivity contribution in [1.82, 2.24) is 5.32 Å². The van der Waals surface area contributed by atoms with E-state index in [1.165, 1.54) is 0 Å². The first-order chi connectivity index (χ1) is 7.16. The third-order valence-electron chi connectivity index (χ3n) is 2.19. The van der Waals surface area contributed by atoms with E-state index in [1.807, 2.05) is 6.92 Å². The Bertz CT molecular complexity index is 158. The van der Waals surface area contributed by atoms with Crippen LogP contribution in [-0.4, -0.2) is 25.7 Å². The van der Waals surface area contributed by atoms with E-state index in [0.717, 1.165) is 39.0 Å². The van der Waals surface area contributed by atoms with Gasteiger partial charge in [0, 0.05) is 26.2 Å². The van der Waals surface area contributed by atoms with E-state index >= 15 is 0 Å². The van der Waals surface area contributed by atoms with Crippen LogP contribution in [-0.2, 0) is 9.53 Å². The highest BCUT2D eigenvalue weighted by atomic mass is 16.5. The number of rotatable bonds is 9. The minimum absolute atomic E-state index is 0.173. The van der Waals surface area contributed by atoms with Gasteiger partial charge in [-0.25, -0.2) is 0 Å². The molecule has 0 saturated carbocycles. The molecule has 0 aromatic carbocycles. The molecule has 0 aliphatic carbocycles. The molecule has 3 heteroatoms. The Hall–Kier alpha value is -0.570. The fourth-order valence-corrected chi connectivity index (χ4v) is 1.22. The molecular formula is C12H25NO2. The summed E-state index contributed by atoms with van der Waals surface area (Å²) >= 11 is 0. The van der Waals surface area contributed by atoms with Crippen LogP contribution >= 0.6 is 0 Å². The average molecular weight is 215 g/mol. The second-order valence-electron chi connectivity index (χ2n) is 4.19. The molecule has 3 nitrogen and oxygen atoms in total. The van der Waals surface area contributed by atoms with Crippen LogP contribution in [0.4, 0.5) is 0 Å². The van der Waals surface area contributed by atoms with E-state index in [4.69, 9.17) is 4.74 Å². The number of nitrogens with one attached hydrogen (secondary N) is 1. The van der Waals surface area contributed by atoms with Crippen LogP contribution in [0.2, 0.25) is 0 Å². The molecule has 0 aromatic rings. The second-order valence-corrected chi connectivity index (χ2v) is 4.19. The molecule has 0 rings (SSSR count). The number of hydrogen-bond donors (Lipinski definition) is 1. The molecule has 0 aliphatic rings. The molecular weight excluding hydrogens is 190 g/mol. The Kier molecular flexibility index (Phi) is 9.59. The summed E-state index contributed by atoms with van der Waals surface area (Å²) in [6, 6.07) is 0. The molecule has 1 amide bonds. The number of ether oxygens (including phenoxy) is 1. The van der Waals surface area contributed by atoms with E-state index in [0.29, 0.717) is 12.3 Å². The van der Waals surface area contributed by atoms with Gasteiger partial charge in [-0.05, 0) is 32.1 Å². The Morgan fingerprint density at radius 3 is 2.67 bits per heavy atom. The lowest BCUT2D eigenvalue weighted by Crippen LogP contribution is -2.24. The van der Waals surface area contributed by atoms with Crippen molar-refractivity contribution in [3.63, 3.8) is 0 Å². The van der Waals surface area contributed by atoms with Gasteiger partial charge in [-0.15, -0.1) is 0 Å². The minimum Gasteiger partial charge on any atom is -0.382 e. The Morgan fingerprint density at radius 1 is 1.33 bits per heavy atom. The molecule has 0 spiro atoms. The fraction of sp³-hybridized carbons (Fsp3) is 0.917. The highest BCUT2D eigenvalue weighted by Gasteiger charge is 2.00. The van der Waals surface area contributed by atoms with Gasteiger partial charge in [0.15, 0.2) is 0 Å². The van der Waals surface area contributed by atoms with Gasteiger partial charge in [0.2, 0.25) is 5.91 Å². The van der Waals surface area contributed by atoms with Gasteiger partial charge in [0.1, 0.15) is 0 Å². The summed E-state index contributed by atoms with van der Waals surface area (Å²) in [7, 11) is 0. The van der Waals surface area contributed by atoms with Gasteiger partial charge < -0.3 is 10.1 Å². The first-order valence-corrected chi connectivity index (χ1v) is 6.01. The van der Waals surface area contributed by atoms with Crippen LogP contribution in [0.3, 0.4) is 0 Å². The number of unbranched alkanes of at least 4 members (excludes halogenated alkanes) is 1. The van der Waals surface area contributed by atoms with E-state index < -0.39 is 0 Å². The lowest BCUT2D eigenvalue weighted by atomic mass is 10.1. The van der Waals surface area contributed by atoms with Gasteiger partial charge in [0.05, 0.1) is 0 Å². The van der Waals surface area contributed by atoms with Crippen molar-refractivity contribution in [1.29, 1.82) is 0 Å². The quantitative estimate of drug-likeness (QED) is 0.600. The van der Waals surface area contributed by atoms with Crippen LogP contribution < -0.4 is 5.32 Å². The summed E-state index contributed by atoms with van der Waals surface area (Å²) in [6.45, 7) is 8.65. The maximum absolute atomic E-state index is 11.3. The second kappa shape index (κ2) is 9.97. The zero-order valence-corrected chi connectivity index (χ0v) is 10.3. The van der Waals surface area contributed by atoms with Crippen molar-refractivity contribution in [2.75, 3.05) is 19.8 Å². The van der Waals surface area contributed by atoms with Crippen molar-refractivity contribution < 1.29 is 9.53 Å². The molecule has 1 N–H and O–H groups in total. The lowest BCUT2D eigenvalue weighted by molar-refractivity contribution is -0.121. The molecule has 0 aromatic heterocycles. The van der Waals surface area contributed by atoms with Crippen molar-refractivity contribution in [3.8, 4) is 0 Å². The van der Waals surface area contributed by atoms with Crippen LogP contribution in [0.15, 0.2) is 0 Å². The molecule has 0 atom stereocenters. The van der Waals surface area contributed by atoms with Crippen molar-refractivity contribution in [3.05, 3.63) is 0 Å². The molecule has 0 aliphatic heterocycles. The van der Waals surface area contributed by atoms with Gasteiger partial charge in [-0.3, -0.25) is 4.79 Å². The first kappa shape index (κ1) is 14.4. The summed E-state index contributed by atoms with van der Waals surface area (Å²) in [4.78, 5) is 11.3. The number of carbonyl (C=O) groups is 1. The minimum atomic E-state index is 0.173. The Balaban J connectivity index is 3.19. The summed E-state index contributed by atoms with van der Waals surface area (Å²) < 4.78 is 5.20.